The van der Waals surface area contributed by atoms with Gasteiger partial charge in [-0.3, -0.25) is 20.4 Å². The first-order chi connectivity index (χ1) is 12.0. The summed E-state index contributed by atoms with van der Waals surface area (Å²) in [7, 11) is 0. The van der Waals surface area contributed by atoms with Crippen LogP contribution in [0.25, 0.3) is 0 Å². The summed E-state index contributed by atoms with van der Waals surface area (Å²) in [4.78, 5) is 24.3. The van der Waals surface area contributed by atoms with E-state index in [1.54, 1.807) is 0 Å². The van der Waals surface area contributed by atoms with E-state index in [1.165, 1.54) is 5.56 Å². The highest BCUT2D eigenvalue weighted by molar-refractivity contribution is 5.87. The fraction of sp³-hybridized carbons (Fsp3) is 0.300. The molecule has 3 N–H and O–H groups in total. The molecule has 0 aliphatic heterocycles. The first-order valence-electron chi connectivity index (χ1n) is 8.46. The Balaban J connectivity index is 1.83. The Morgan fingerprint density at radius 2 is 1.72 bits per heavy atom. The van der Waals surface area contributed by atoms with Gasteiger partial charge in [-0.2, -0.15) is 0 Å². The number of hydrogen-bond acceptors (Lipinski definition) is 3. The minimum absolute atomic E-state index is 0.0896. The van der Waals surface area contributed by atoms with Crippen molar-refractivity contribution >= 4 is 17.5 Å². The van der Waals surface area contributed by atoms with Gasteiger partial charge < -0.3 is 5.32 Å². The molecule has 1 atom stereocenters. The maximum atomic E-state index is 12.3. The third-order valence-electron chi connectivity index (χ3n) is 4.07. The second-order valence-electron chi connectivity index (χ2n) is 6.08. The zero-order valence-electron chi connectivity index (χ0n) is 14.9. The van der Waals surface area contributed by atoms with Crippen molar-refractivity contribution in [2.24, 2.45) is 0 Å². The number of carbonyl (C=O) groups excluding carboxylic acids is 2. The summed E-state index contributed by atoms with van der Waals surface area (Å²) in [6.07, 6.45) is 0.659. The predicted octanol–water partition coefficient (Wildman–Crippen LogP) is 3.06. The lowest BCUT2D eigenvalue weighted by atomic mass is 9.96. The summed E-state index contributed by atoms with van der Waals surface area (Å²) < 4.78 is 0. The third-order valence-corrected chi connectivity index (χ3v) is 4.07. The van der Waals surface area contributed by atoms with E-state index in [2.05, 4.69) is 16.2 Å². The molecule has 0 aliphatic carbocycles. The molecule has 0 bridgehead atoms. The molecule has 2 rings (SSSR count). The van der Waals surface area contributed by atoms with Crippen molar-refractivity contribution in [3.63, 3.8) is 0 Å². The minimum atomic E-state index is -0.295. The summed E-state index contributed by atoms with van der Waals surface area (Å²) in [5.74, 6) is -0.793. The molecule has 0 fully saturated rings. The summed E-state index contributed by atoms with van der Waals surface area (Å²) >= 11 is 0. The highest BCUT2D eigenvalue weighted by Crippen LogP contribution is 2.19. The summed E-state index contributed by atoms with van der Waals surface area (Å²) in [6, 6.07) is 15.5. The molecule has 0 heterocycles. The molecule has 2 aromatic carbocycles. The van der Waals surface area contributed by atoms with Gasteiger partial charge in [0, 0.05) is 5.69 Å². The Kier molecular flexibility index (Phi) is 6.57. The summed E-state index contributed by atoms with van der Waals surface area (Å²) in [6.45, 7) is 6.05. The van der Waals surface area contributed by atoms with Gasteiger partial charge in [0.1, 0.15) is 0 Å². The van der Waals surface area contributed by atoms with Crippen molar-refractivity contribution in [1.82, 2.24) is 10.9 Å². The van der Waals surface area contributed by atoms with E-state index < -0.39 is 0 Å². The average molecular weight is 339 g/mol. The standard InChI is InChI=1S/C20H25N3O2/c1-4-17(16-8-6-5-7-9-16)20(25)23-22-19(24)13-21-18-11-10-14(2)12-15(18)3/h5-12,17,21H,4,13H2,1-3H3,(H,22,24)(H,23,25). The molecule has 2 aromatic rings. The first-order valence-corrected chi connectivity index (χ1v) is 8.46. The van der Waals surface area contributed by atoms with Gasteiger partial charge in [0.25, 0.3) is 5.91 Å². The van der Waals surface area contributed by atoms with E-state index in [1.807, 2.05) is 69.3 Å². The van der Waals surface area contributed by atoms with Crippen LogP contribution in [-0.4, -0.2) is 18.4 Å². The number of aryl methyl sites for hydroxylation is 2. The summed E-state index contributed by atoms with van der Waals surface area (Å²) in [5.41, 5.74) is 9.07. The number of hydrogen-bond donors (Lipinski definition) is 3. The molecule has 0 aromatic heterocycles. The van der Waals surface area contributed by atoms with Crippen LogP contribution in [0, 0.1) is 13.8 Å². The zero-order valence-corrected chi connectivity index (χ0v) is 14.9. The van der Waals surface area contributed by atoms with Crippen molar-refractivity contribution in [1.29, 1.82) is 0 Å². The highest BCUT2D eigenvalue weighted by Gasteiger charge is 2.18. The van der Waals surface area contributed by atoms with Crippen LogP contribution in [-0.2, 0) is 9.59 Å². The number of carbonyl (C=O) groups is 2. The molecule has 2 amide bonds. The molecule has 5 heteroatoms. The molecule has 0 saturated heterocycles. The van der Waals surface area contributed by atoms with Crippen molar-refractivity contribution < 1.29 is 9.59 Å². The maximum absolute atomic E-state index is 12.3. The topological polar surface area (TPSA) is 70.2 Å². The SMILES string of the molecule is CCC(C(=O)NNC(=O)CNc1ccc(C)cc1C)c1ccccc1. The summed E-state index contributed by atoms with van der Waals surface area (Å²) in [5, 5.41) is 3.08. The Bertz CT molecular complexity index is 729. The number of hydrazine groups is 1. The molecular weight excluding hydrogens is 314 g/mol. The van der Waals surface area contributed by atoms with Gasteiger partial charge in [-0.05, 0) is 37.5 Å². The number of benzene rings is 2. The highest BCUT2D eigenvalue weighted by atomic mass is 16.2. The molecule has 0 aliphatic rings. The average Bonchev–Trinajstić information content (AvgIpc) is 2.61. The van der Waals surface area contributed by atoms with E-state index in [0.29, 0.717) is 6.42 Å². The van der Waals surface area contributed by atoms with E-state index in [0.717, 1.165) is 16.8 Å². The van der Waals surface area contributed by atoms with Gasteiger partial charge in [0.2, 0.25) is 5.91 Å². The van der Waals surface area contributed by atoms with Crippen LogP contribution in [0.15, 0.2) is 48.5 Å². The van der Waals surface area contributed by atoms with E-state index in [4.69, 9.17) is 0 Å². The maximum Gasteiger partial charge on any atom is 0.257 e. The van der Waals surface area contributed by atoms with Gasteiger partial charge in [0.15, 0.2) is 0 Å². The van der Waals surface area contributed by atoms with Crippen LogP contribution < -0.4 is 16.2 Å². The molecule has 5 nitrogen and oxygen atoms in total. The monoisotopic (exact) mass is 339 g/mol. The fourth-order valence-corrected chi connectivity index (χ4v) is 2.71. The van der Waals surface area contributed by atoms with Gasteiger partial charge in [0.05, 0.1) is 12.5 Å². The number of rotatable bonds is 6. The fourth-order valence-electron chi connectivity index (χ4n) is 2.71. The Morgan fingerprint density at radius 3 is 2.36 bits per heavy atom. The Hall–Kier alpha value is -2.82. The minimum Gasteiger partial charge on any atom is -0.376 e. The van der Waals surface area contributed by atoms with Crippen molar-refractivity contribution in [2.75, 3.05) is 11.9 Å². The quantitative estimate of drug-likeness (QED) is 0.709. The van der Waals surface area contributed by atoms with Crippen LogP contribution in [0.3, 0.4) is 0 Å². The van der Waals surface area contributed by atoms with Crippen LogP contribution in [0.1, 0.15) is 36.0 Å². The van der Waals surface area contributed by atoms with Crippen molar-refractivity contribution in [3.05, 3.63) is 65.2 Å². The Labute approximate surface area is 148 Å². The first kappa shape index (κ1) is 18.5. The number of anilines is 1. The van der Waals surface area contributed by atoms with Crippen LogP contribution in [0.5, 0.6) is 0 Å². The lowest BCUT2D eigenvalue weighted by Gasteiger charge is -2.16. The predicted molar refractivity (Wildman–Crippen MR) is 100 cm³/mol. The smallest absolute Gasteiger partial charge is 0.257 e. The molecule has 25 heavy (non-hydrogen) atoms. The van der Waals surface area contributed by atoms with Crippen molar-refractivity contribution in [3.8, 4) is 0 Å². The molecular formula is C20H25N3O2. The number of nitrogens with one attached hydrogen (secondary N) is 3. The Morgan fingerprint density at radius 1 is 1.00 bits per heavy atom. The third kappa shape index (κ3) is 5.35. The molecule has 0 spiro atoms. The lowest BCUT2D eigenvalue weighted by Crippen LogP contribution is -2.46. The molecule has 1 unspecified atom stereocenters. The van der Waals surface area contributed by atoms with E-state index in [9.17, 15) is 9.59 Å². The largest absolute Gasteiger partial charge is 0.376 e. The molecule has 0 radical (unpaired) electrons. The van der Waals surface area contributed by atoms with Gasteiger partial charge in [-0.1, -0.05) is 55.0 Å². The number of amides is 2. The zero-order chi connectivity index (χ0) is 18.2. The van der Waals surface area contributed by atoms with E-state index >= 15 is 0 Å². The van der Waals surface area contributed by atoms with Gasteiger partial charge in [-0.15, -0.1) is 0 Å². The van der Waals surface area contributed by atoms with Crippen LogP contribution in [0.4, 0.5) is 5.69 Å². The normalized spacial score (nSPS) is 11.5. The second-order valence-corrected chi connectivity index (χ2v) is 6.08. The van der Waals surface area contributed by atoms with Crippen molar-refractivity contribution in [2.45, 2.75) is 33.1 Å². The van der Waals surface area contributed by atoms with Gasteiger partial charge in [-0.25, -0.2) is 0 Å². The van der Waals surface area contributed by atoms with Crippen LogP contribution in [0.2, 0.25) is 0 Å². The molecule has 0 saturated carbocycles. The second kappa shape index (κ2) is 8.87. The molecule has 132 valence electrons. The lowest BCUT2D eigenvalue weighted by molar-refractivity contribution is -0.129. The van der Waals surface area contributed by atoms with Gasteiger partial charge >= 0.3 is 0 Å². The van der Waals surface area contributed by atoms with Crippen LogP contribution >= 0.6 is 0 Å². The van der Waals surface area contributed by atoms with E-state index in [-0.39, 0.29) is 24.3 Å².